The van der Waals surface area contributed by atoms with Crippen molar-refractivity contribution < 1.29 is 23.8 Å². The van der Waals surface area contributed by atoms with Crippen molar-refractivity contribution >= 4 is 29.0 Å². The molecule has 226 valence electrons. The second-order valence-corrected chi connectivity index (χ2v) is 12.1. The van der Waals surface area contributed by atoms with Crippen LogP contribution in [0.3, 0.4) is 0 Å². The fraction of sp³-hybridized carbons (Fsp3) is 0.452. The molecule has 0 unspecified atom stereocenters. The van der Waals surface area contributed by atoms with Crippen LogP contribution in [0.25, 0.3) is 22.3 Å². The molecule has 12 heteroatoms. The minimum atomic E-state index is -0.552. The lowest BCUT2D eigenvalue weighted by Crippen LogP contribution is -2.57. The molecule has 12 nitrogen and oxygen atoms in total. The van der Waals surface area contributed by atoms with Crippen LogP contribution in [0.1, 0.15) is 56.1 Å². The average molecular weight is 588 g/mol. The number of hydrogen-bond acceptors (Lipinski definition) is 8. The molecule has 0 saturated carbocycles. The Kier molecular flexibility index (Phi) is 7.45. The number of imidazole rings is 1. The zero-order chi connectivity index (χ0) is 30.3. The van der Waals surface area contributed by atoms with E-state index in [0.29, 0.717) is 66.3 Å². The number of hydrogen-bond donors (Lipinski definition) is 1. The number of carbonyl (C=O) groups excluding carboxylic acids is 2. The first-order valence-corrected chi connectivity index (χ1v) is 14.6. The van der Waals surface area contributed by atoms with E-state index in [1.165, 1.54) is 0 Å². The van der Waals surface area contributed by atoms with Crippen molar-refractivity contribution in [2.75, 3.05) is 25.0 Å². The van der Waals surface area contributed by atoms with Gasteiger partial charge in [-0.2, -0.15) is 5.10 Å². The summed E-state index contributed by atoms with van der Waals surface area (Å²) in [5.74, 6) is 1.44. The Balaban J connectivity index is 1.29. The van der Waals surface area contributed by atoms with Crippen LogP contribution in [0.5, 0.6) is 11.6 Å². The van der Waals surface area contributed by atoms with E-state index < -0.39 is 5.60 Å². The molecule has 2 bridgehead atoms. The number of pyridine rings is 1. The maximum atomic E-state index is 13.6. The van der Waals surface area contributed by atoms with Gasteiger partial charge in [0, 0.05) is 24.8 Å². The Morgan fingerprint density at radius 1 is 1.12 bits per heavy atom. The van der Waals surface area contributed by atoms with Crippen LogP contribution < -0.4 is 14.8 Å². The van der Waals surface area contributed by atoms with E-state index >= 15 is 0 Å². The molecule has 1 N–H and O–H groups in total. The molecule has 0 spiro atoms. The molecule has 4 aromatic rings. The molecule has 0 atom stereocenters. The van der Waals surface area contributed by atoms with Gasteiger partial charge in [0.1, 0.15) is 23.0 Å². The third kappa shape index (κ3) is 5.99. The molecule has 1 fully saturated rings. The molecule has 2 amide bonds. The van der Waals surface area contributed by atoms with Gasteiger partial charge in [0.15, 0.2) is 0 Å². The summed E-state index contributed by atoms with van der Waals surface area (Å²) in [6.07, 6.45) is 3.79. The van der Waals surface area contributed by atoms with Crippen LogP contribution >= 0.6 is 0 Å². The van der Waals surface area contributed by atoms with E-state index in [0.717, 1.165) is 30.3 Å². The van der Waals surface area contributed by atoms with Gasteiger partial charge in [-0.25, -0.2) is 14.5 Å². The summed E-state index contributed by atoms with van der Waals surface area (Å²) in [5, 5.41) is 7.41. The number of nitrogens with one attached hydrogen (secondary N) is 1. The van der Waals surface area contributed by atoms with Crippen molar-refractivity contribution in [1.82, 2.24) is 29.2 Å². The van der Waals surface area contributed by atoms with Gasteiger partial charge >= 0.3 is 6.09 Å². The number of ether oxygens (including phenoxy) is 3. The number of amides is 2. The van der Waals surface area contributed by atoms with E-state index in [1.54, 1.807) is 27.9 Å². The highest BCUT2D eigenvalue weighted by molar-refractivity contribution is 6.05. The van der Waals surface area contributed by atoms with Gasteiger partial charge in [-0.15, -0.1) is 0 Å². The van der Waals surface area contributed by atoms with Crippen molar-refractivity contribution in [2.45, 2.75) is 65.2 Å². The summed E-state index contributed by atoms with van der Waals surface area (Å²) in [6.45, 7) is 9.43. The molecule has 1 aromatic carbocycles. The van der Waals surface area contributed by atoms with Crippen molar-refractivity contribution in [3.05, 3.63) is 47.8 Å². The molecular weight excluding hydrogens is 550 g/mol. The smallest absolute Gasteiger partial charge is 0.410 e. The molecule has 2 aliphatic heterocycles. The molecule has 1 saturated heterocycles. The van der Waals surface area contributed by atoms with E-state index in [2.05, 4.69) is 15.4 Å². The van der Waals surface area contributed by atoms with Crippen LogP contribution in [-0.2, 0) is 18.3 Å². The molecule has 3 aromatic heterocycles. The van der Waals surface area contributed by atoms with Gasteiger partial charge in [0.25, 0.3) is 5.91 Å². The number of likely N-dealkylation sites (tertiary alicyclic amines) is 1. The molecule has 0 radical (unpaired) electrons. The van der Waals surface area contributed by atoms with E-state index in [4.69, 9.17) is 19.2 Å². The van der Waals surface area contributed by atoms with Gasteiger partial charge in [-0.1, -0.05) is 6.07 Å². The van der Waals surface area contributed by atoms with Crippen LogP contribution in [0.2, 0.25) is 0 Å². The number of anilines is 1. The fourth-order valence-electron chi connectivity index (χ4n) is 5.33. The molecule has 6 rings (SSSR count). The normalized spacial score (nSPS) is 16.2. The van der Waals surface area contributed by atoms with Crippen molar-refractivity contribution in [2.24, 2.45) is 7.05 Å². The maximum absolute atomic E-state index is 13.6. The largest absolute Gasteiger partial charge is 0.484 e. The number of nitrogens with zero attached hydrogens (tertiary/aromatic N) is 6. The van der Waals surface area contributed by atoms with Crippen molar-refractivity contribution in [3.8, 4) is 22.9 Å². The average Bonchev–Trinajstić information content (AvgIpc) is 3.45. The van der Waals surface area contributed by atoms with Crippen LogP contribution in [-0.4, -0.2) is 72.6 Å². The second kappa shape index (κ2) is 11.2. The lowest BCUT2D eigenvalue weighted by molar-refractivity contribution is -0.0218. The first kappa shape index (κ1) is 28.5. The number of aryl methyl sites for hydroxylation is 3. The van der Waals surface area contributed by atoms with Crippen molar-refractivity contribution in [1.29, 1.82) is 0 Å². The zero-order valence-corrected chi connectivity index (χ0v) is 25.2. The minimum Gasteiger partial charge on any atom is -0.484 e. The fourth-order valence-corrected chi connectivity index (χ4v) is 5.33. The predicted molar refractivity (Wildman–Crippen MR) is 160 cm³/mol. The summed E-state index contributed by atoms with van der Waals surface area (Å²) in [7, 11) is 1.83. The number of carbonyl (C=O) groups is 2. The number of benzene rings is 1. The lowest BCUT2D eigenvalue weighted by Gasteiger charge is -2.39. The van der Waals surface area contributed by atoms with Gasteiger partial charge < -0.3 is 23.7 Å². The zero-order valence-electron chi connectivity index (χ0n) is 25.2. The minimum absolute atomic E-state index is 0.174. The van der Waals surface area contributed by atoms with Crippen LogP contribution in [0.4, 0.5) is 10.7 Å². The summed E-state index contributed by atoms with van der Waals surface area (Å²) >= 11 is 0. The third-order valence-electron chi connectivity index (χ3n) is 7.39. The molecule has 2 aliphatic rings. The Hall–Kier alpha value is -4.61. The second-order valence-electron chi connectivity index (χ2n) is 12.1. The highest BCUT2D eigenvalue weighted by Gasteiger charge is 2.35. The van der Waals surface area contributed by atoms with E-state index in [-0.39, 0.29) is 18.1 Å². The van der Waals surface area contributed by atoms with Gasteiger partial charge in [-0.3, -0.25) is 15.1 Å². The number of aromatic nitrogens is 5. The molecule has 0 aliphatic carbocycles. The number of fused-ring (bicyclic) bond motifs is 7. The Morgan fingerprint density at radius 2 is 1.93 bits per heavy atom. The van der Waals surface area contributed by atoms with E-state index in [1.807, 2.05) is 57.5 Å². The summed E-state index contributed by atoms with van der Waals surface area (Å²) in [4.78, 5) is 37.1. The van der Waals surface area contributed by atoms with Crippen LogP contribution in [0, 0.1) is 6.92 Å². The first-order valence-electron chi connectivity index (χ1n) is 14.6. The number of rotatable bonds is 2. The third-order valence-corrected chi connectivity index (χ3v) is 7.39. The molecule has 5 heterocycles. The molecular formula is C31H37N7O5. The molecule has 43 heavy (non-hydrogen) atoms. The maximum Gasteiger partial charge on any atom is 0.410 e. The van der Waals surface area contributed by atoms with Gasteiger partial charge in [0.2, 0.25) is 11.8 Å². The topological polar surface area (TPSA) is 126 Å². The predicted octanol–water partition coefficient (Wildman–Crippen LogP) is 4.95. The first-order chi connectivity index (χ1) is 20.6. The Labute approximate surface area is 249 Å². The monoisotopic (exact) mass is 587 g/mol. The van der Waals surface area contributed by atoms with Crippen LogP contribution in [0.15, 0.2) is 36.5 Å². The standard InChI is InChI=1S/C31H37N7O5/c1-19-14-20-15-24(33-19)22-16-32-36(5)28(22)41-13-8-6-7-12-38-26-23(34-29(38)35-27(20)39)10-9-11-25(26)42-21-17-37(18-21)30(40)43-31(2,3)4/h9-11,14-16,21H,6-8,12-13,17-18H2,1-5H3,(H,34,35,39). The Bertz CT molecular complexity index is 1680. The summed E-state index contributed by atoms with van der Waals surface area (Å²) in [6, 6.07) is 9.20. The van der Waals surface area contributed by atoms with E-state index in [9.17, 15) is 9.59 Å². The number of para-hydroxylation sites is 1. The quantitative estimate of drug-likeness (QED) is 0.349. The highest BCUT2D eigenvalue weighted by Crippen LogP contribution is 2.33. The highest BCUT2D eigenvalue weighted by atomic mass is 16.6. The lowest BCUT2D eigenvalue weighted by atomic mass is 10.1. The van der Waals surface area contributed by atoms with Gasteiger partial charge in [-0.05, 0) is 71.2 Å². The summed E-state index contributed by atoms with van der Waals surface area (Å²) in [5.41, 5.74) is 3.49. The van der Waals surface area contributed by atoms with Gasteiger partial charge in [0.05, 0.1) is 42.7 Å². The summed E-state index contributed by atoms with van der Waals surface area (Å²) < 4.78 is 21.7. The van der Waals surface area contributed by atoms with Crippen molar-refractivity contribution in [3.63, 3.8) is 0 Å². The SMILES string of the molecule is Cc1cc2cc(n1)-c1cnn(C)c1OCCCCCn1c(nc3cccc(OC4CN(C(=O)OC(C)(C)C)C4)c31)NC2=O. The Morgan fingerprint density at radius 3 is 2.72 bits per heavy atom.